The second kappa shape index (κ2) is 6.22. The number of esters is 1. The van der Waals surface area contributed by atoms with Gasteiger partial charge in [-0.15, -0.1) is 0 Å². The zero-order valence-electron chi connectivity index (χ0n) is 12.2. The van der Waals surface area contributed by atoms with E-state index in [-0.39, 0.29) is 6.04 Å². The molecule has 2 atom stereocenters. The molecule has 1 aliphatic rings. The van der Waals surface area contributed by atoms with Gasteiger partial charge in [0.05, 0.1) is 5.25 Å². The Kier molecular flexibility index (Phi) is 5.38. The van der Waals surface area contributed by atoms with E-state index in [9.17, 15) is 13.2 Å². The molecule has 0 amide bonds. The van der Waals surface area contributed by atoms with Crippen LogP contribution in [-0.2, 0) is 19.4 Å². The summed E-state index contributed by atoms with van der Waals surface area (Å²) in [5.74, 6) is -1.18. The molecule has 0 radical (unpaired) electrons. The van der Waals surface area contributed by atoms with E-state index >= 15 is 0 Å². The SMILES string of the molecule is CNC1CCCCC1S(=O)(=O)CC(=O)OC(C)(C)C. The molecule has 1 rings (SSSR count). The minimum absolute atomic E-state index is 0.0545. The Labute approximate surface area is 116 Å². The lowest BCUT2D eigenvalue weighted by Crippen LogP contribution is -2.46. The van der Waals surface area contributed by atoms with Gasteiger partial charge in [0.1, 0.15) is 11.4 Å². The molecule has 19 heavy (non-hydrogen) atoms. The van der Waals surface area contributed by atoms with E-state index in [1.54, 1.807) is 27.8 Å². The Morgan fingerprint density at radius 2 is 1.84 bits per heavy atom. The fourth-order valence-electron chi connectivity index (χ4n) is 2.50. The molecule has 1 saturated carbocycles. The molecule has 1 N–H and O–H groups in total. The summed E-state index contributed by atoms with van der Waals surface area (Å²) >= 11 is 0. The lowest BCUT2D eigenvalue weighted by atomic mass is 9.95. The fraction of sp³-hybridized carbons (Fsp3) is 0.923. The van der Waals surface area contributed by atoms with Gasteiger partial charge in [0, 0.05) is 6.04 Å². The van der Waals surface area contributed by atoms with Gasteiger partial charge >= 0.3 is 5.97 Å². The molecule has 2 unspecified atom stereocenters. The van der Waals surface area contributed by atoms with Crippen molar-refractivity contribution >= 4 is 15.8 Å². The van der Waals surface area contributed by atoms with E-state index in [1.165, 1.54) is 0 Å². The molecule has 0 aromatic heterocycles. The number of ether oxygens (including phenoxy) is 1. The molecular weight excluding hydrogens is 266 g/mol. The van der Waals surface area contributed by atoms with Gasteiger partial charge < -0.3 is 10.1 Å². The molecule has 0 saturated heterocycles. The number of carbonyl (C=O) groups excluding carboxylic acids is 1. The van der Waals surface area contributed by atoms with E-state index in [1.807, 2.05) is 0 Å². The van der Waals surface area contributed by atoms with Crippen molar-refractivity contribution in [2.24, 2.45) is 0 Å². The van der Waals surface area contributed by atoms with Crippen LogP contribution in [-0.4, -0.2) is 44.1 Å². The summed E-state index contributed by atoms with van der Waals surface area (Å²) in [6, 6.07) is -0.0545. The first-order valence-electron chi connectivity index (χ1n) is 6.76. The molecule has 1 fully saturated rings. The first kappa shape index (κ1) is 16.4. The van der Waals surface area contributed by atoms with Gasteiger partial charge in [-0.3, -0.25) is 4.79 Å². The molecule has 0 aliphatic heterocycles. The zero-order chi connectivity index (χ0) is 14.7. The molecular formula is C13H25NO4S. The van der Waals surface area contributed by atoms with Gasteiger partial charge in [-0.1, -0.05) is 12.8 Å². The lowest BCUT2D eigenvalue weighted by molar-refractivity contribution is -0.151. The molecule has 0 bridgehead atoms. The third-order valence-electron chi connectivity index (χ3n) is 3.27. The number of nitrogens with one attached hydrogen (secondary N) is 1. The average Bonchev–Trinajstić information content (AvgIpc) is 2.25. The zero-order valence-corrected chi connectivity index (χ0v) is 13.0. The minimum atomic E-state index is -3.45. The maximum atomic E-state index is 12.3. The van der Waals surface area contributed by atoms with Gasteiger partial charge in [-0.05, 0) is 40.7 Å². The molecule has 1 aliphatic carbocycles. The molecule has 5 nitrogen and oxygen atoms in total. The highest BCUT2D eigenvalue weighted by Crippen LogP contribution is 2.25. The highest BCUT2D eigenvalue weighted by molar-refractivity contribution is 7.92. The van der Waals surface area contributed by atoms with Crippen LogP contribution in [0.4, 0.5) is 0 Å². The summed E-state index contributed by atoms with van der Waals surface area (Å²) in [4.78, 5) is 11.7. The quantitative estimate of drug-likeness (QED) is 0.790. The number of hydrogen-bond donors (Lipinski definition) is 1. The van der Waals surface area contributed by atoms with Crippen molar-refractivity contribution in [2.75, 3.05) is 12.8 Å². The molecule has 0 aromatic rings. The molecule has 0 spiro atoms. The van der Waals surface area contributed by atoms with Gasteiger partial charge in [0.2, 0.25) is 0 Å². The minimum Gasteiger partial charge on any atom is -0.459 e. The van der Waals surface area contributed by atoms with Crippen molar-refractivity contribution in [3.8, 4) is 0 Å². The average molecular weight is 291 g/mol. The van der Waals surface area contributed by atoms with Gasteiger partial charge in [0.25, 0.3) is 0 Å². The monoisotopic (exact) mass is 291 g/mol. The number of rotatable bonds is 4. The Balaban J connectivity index is 2.72. The first-order valence-corrected chi connectivity index (χ1v) is 8.48. The van der Waals surface area contributed by atoms with Crippen LogP contribution in [0, 0.1) is 0 Å². The van der Waals surface area contributed by atoms with Crippen molar-refractivity contribution in [2.45, 2.75) is 63.3 Å². The van der Waals surface area contributed by atoms with Crippen LogP contribution in [0.2, 0.25) is 0 Å². The van der Waals surface area contributed by atoms with Crippen molar-refractivity contribution in [1.82, 2.24) is 5.32 Å². The fourth-order valence-corrected chi connectivity index (χ4v) is 4.40. The van der Waals surface area contributed by atoms with E-state index in [2.05, 4.69) is 5.32 Å². The standard InChI is InChI=1S/C13H25NO4S/c1-13(2,3)18-12(15)9-19(16,17)11-8-6-5-7-10(11)14-4/h10-11,14H,5-9H2,1-4H3. The molecule has 6 heteroatoms. The van der Waals surface area contributed by atoms with Crippen molar-refractivity contribution in [3.63, 3.8) is 0 Å². The highest BCUT2D eigenvalue weighted by Gasteiger charge is 2.36. The third kappa shape index (κ3) is 5.10. The maximum absolute atomic E-state index is 12.3. The van der Waals surface area contributed by atoms with Crippen LogP contribution in [0.25, 0.3) is 0 Å². The van der Waals surface area contributed by atoms with Crippen LogP contribution in [0.3, 0.4) is 0 Å². The Bertz CT molecular complexity index is 411. The summed E-state index contributed by atoms with van der Waals surface area (Å²) in [7, 11) is -1.68. The molecule has 112 valence electrons. The predicted octanol–water partition coefficient (Wildman–Crippen LogP) is 1.27. The van der Waals surface area contributed by atoms with Gasteiger partial charge in [-0.25, -0.2) is 8.42 Å². The number of hydrogen-bond acceptors (Lipinski definition) is 5. The normalized spacial score (nSPS) is 25.1. The molecule has 0 aromatic carbocycles. The topological polar surface area (TPSA) is 72.5 Å². The van der Waals surface area contributed by atoms with Crippen LogP contribution in [0.15, 0.2) is 0 Å². The largest absolute Gasteiger partial charge is 0.459 e. The van der Waals surface area contributed by atoms with Crippen LogP contribution >= 0.6 is 0 Å². The predicted molar refractivity (Wildman–Crippen MR) is 74.7 cm³/mol. The van der Waals surface area contributed by atoms with E-state index in [0.717, 1.165) is 19.3 Å². The Hall–Kier alpha value is -0.620. The van der Waals surface area contributed by atoms with Crippen LogP contribution in [0.1, 0.15) is 46.5 Å². The highest BCUT2D eigenvalue weighted by atomic mass is 32.2. The number of sulfone groups is 1. The summed E-state index contributed by atoms with van der Waals surface area (Å²) in [6.07, 6.45) is 3.39. The summed E-state index contributed by atoms with van der Waals surface area (Å²) in [6.45, 7) is 5.19. The van der Waals surface area contributed by atoms with Crippen LogP contribution < -0.4 is 5.32 Å². The van der Waals surface area contributed by atoms with Gasteiger partial charge in [-0.2, -0.15) is 0 Å². The van der Waals surface area contributed by atoms with Crippen molar-refractivity contribution in [1.29, 1.82) is 0 Å². The summed E-state index contributed by atoms with van der Waals surface area (Å²) in [5, 5.41) is 2.58. The third-order valence-corrected chi connectivity index (χ3v) is 5.40. The van der Waals surface area contributed by atoms with E-state index < -0.39 is 32.4 Å². The van der Waals surface area contributed by atoms with E-state index in [0.29, 0.717) is 6.42 Å². The number of carbonyl (C=O) groups is 1. The van der Waals surface area contributed by atoms with Crippen molar-refractivity contribution in [3.05, 3.63) is 0 Å². The van der Waals surface area contributed by atoms with Gasteiger partial charge in [0.15, 0.2) is 9.84 Å². The Morgan fingerprint density at radius 1 is 1.26 bits per heavy atom. The van der Waals surface area contributed by atoms with Crippen molar-refractivity contribution < 1.29 is 17.9 Å². The summed E-state index contributed by atoms with van der Waals surface area (Å²) < 4.78 is 29.7. The smallest absolute Gasteiger partial charge is 0.321 e. The second-order valence-electron chi connectivity index (χ2n) is 6.11. The lowest BCUT2D eigenvalue weighted by Gasteiger charge is -2.31. The Morgan fingerprint density at radius 3 is 2.37 bits per heavy atom. The summed E-state index contributed by atoms with van der Waals surface area (Å²) in [5.41, 5.74) is -0.651. The van der Waals surface area contributed by atoms with E-state index in [4.69, 9.17) is 4.74 Å². The second-order valence-corrected chi connectivity index (χ2v) is 8.33. The maximum Gasteiger partial charge on any atom is 0.321 e. The molecule has 0 heterocycles. The van der Waals surface area contributed by atoms with Crippen LogP contribution in [0.5, 0.6) is 0 Å². The first-order chi connectivity index (χ1) is 8.65.